The zero-order valence-corrected chi connectivity index (χ0v) is 20.0. The third kappa shape index (κ3) is 6.06. The summed E-state index contributed by atoms with van der Waals surface area (Å²) in [5.41, 5.74) is 1.30. The normalized spacial score (nSPS) is 18.7. The maximum Gasteiger partial charge on any atom is 0.191 e. The number of thioether (sulfide) groups is 1. The SMILES string of the molecule is c1ccc(Cn2c(SCCN3CCOCC3)nnc2C2CCN(Cc3ccco3)CC2)cc1. The molecule has 0 atom stereocenters. The third-order valence-corrected chi connectivity index (χ3v) is 7.53. The first-order valence-electron chi connectivity index (χ1n) is 12.0. The highest BCUT2D eigenvalue weighted by Crippen LogP contribution is 2.30. The van der Waals surface area contributed by atoms with Crippen LogP contribution >= 0.6 is 11.8 Å². The van der Waals surface area contributed by atoms with Crippen LogP contribution in [-0.2, 0) is 17.8 Å². The largest absolute Gasteiger partial charge is 0.468 e. The molecule has 1 aromatic carbocycles. The Kier molecular flexibility index (Phi) is 7.78. The fourth-order valence-corrected chi connectivity index (χ4v) is 5.63. The summed E-state index contributed by atoms with van der Waals surface area (Å²) in [6.07, 6.45) is 3.96. The van der Waals surface area contributed by atoms with Gasteiger partial charge in [0.25, 0.3) is 0 Å². The van der Waals surface area contributed by atoms with Gasteiger partial charge in [0, 0.05) is 31.3 Å². The molecule has 176 valence electrons. The molecule has 2 aliphatic heterocycles. The minimum Gasteiger partial charge on any atom is -0.468 e. The Balaban J connectivity index is 1.25. The Bertz CT molecular complexity index is 964. The van der Waals surface area contributed by atoms with Crippen molar-refractivity contribution in [3.8, 4) is 0 Å². The molecule has 0 saturated carbocycles. The van der Waals surface area contributed by atoms with Crippen LogP contribution in [0.2, 0.25) is 0 Å². The highest BCUT2D eigenvalue weighted by molar-refractivity contribution is 7.99. The van der Waals surface area contributed by atoms with E-state index in [4.69, 9.17) is 14.3 Å². The quantitative estimate of drug-likeness (QED) is 0.445. The molecule has 0 bridgehead atoms. The minimum atomic E-state index is 0.447. The van der Waals surface area contributed by atoms with Gasteiger partial charge in [-0.3, -0.25) is 9.80 Å². The molecule has 0 N–H and O–H groups in total. The predicted octanol–water partition coefficient (Wildman–Crippen LogP) is 3.72. The number of ether oxygens (including phenoxy) is 1. The zero-order chi connectivity index (χ0) is 22.3. The molecule has 8 heteroatoms. The van der Waals surface area contributed by atoms with Gasteiger partial charge in [-0.05, 0) is 43.6 Å². The van der Waals surface area contributed by atoms with E-state index in [2.05, 4.69) is 55.9 Å². The van der Waals surface area contributed by atoms with Crippen molar-refractivity contribution in [3.05, 3.63) is 65.9 Å². The third-order valence-electron chi connectivity index (χ3n) is 6.58. The summed E-state index contributed by atoms with van der Waals surface area (Å²) < 4.78 is 13.4. The summed E-state index contributed by atoms with van der Waals surface area (Å²) in [5.74, 6) is 3.65. The van der Waals surface area contributed by atoms with Crippen molar-refractivity contribution in [2.75, 3.05) is 51.7 Å². The van der Waals surface area contributed by atoms with E-state index >= 15 is 0 Å². The highest BCUT2D eigenvalue weighted by Gasteiger charge is 2.27. The van der Waals surface area contributed by atoms with Gasteiger partial charge in [-0.25, -0.2) is 0 Å². The van der Waals surface area contributed by atoms with Crippen LogP contribution in [0.15, 0.2) is 58.3 Å². The number of likely N-dealkylation sites (tertiary alicyclic amines) is 1. The summed E-state index contributed by atoms with van der Waals surface area (Å²) in [7, 11) is 0. The smallest absolute Gasteiger partial charge is 0.191 e. The van der Waals surface area contributed by atoms with Crippen molar-refractivity contribution in [2.45, 2.75) is 37.0 Å². The lowest BCUT2D eigenvalue weighted by Gasteiger charge is -2.31. The number of furan rings is 1. The first kappa shape index (κ1) is 22.7. The van der Waals surface area contributed by atoms with Crippen LogP contribution in [0.5, 0.6) is 0 Å². The van der Waals surface area contributed by atoms with Gasteiger partial charge in [0.15, 0.2) is 5.16 Å². The Morgan fingerprint density at radius 1 is 0.879 bits per heavy atom. The van der Waals surface area contributed by atoms with Gasteiger partial charge < -0.3 is 13.7 Å². The van der Waals surface area contributed by atoms with Gasteiger partial charge in [-0.2, -0.15) is 0 Å². The van der Waals surface area contributed by atoms with Crippen LogP contribution in [0.25, 0.3) is 0 Å². The second-order valence-electron chi connectivity index (χ2n) is 8.84. The van der Waals surface area contributed by atoms with E-state index in [1.807, 2.05) is 17.8 Å². The van der Waals surface area contributed by atoms with Crippen LogP contribution in [-0.4, -0.2) is 76.3 Å². The lowest BCUT2D eigenvalue weighted by Crippen LogP contribution is -2.37. The second kappa shape index (κ2) is 11.3. The number of morpholine rings is 1. The van der Waals surface area contributed by atoms with Gasteiger partial charge >= 0.3 is 0 Å². The van der Waals surface area contributed by atoms with Gasteiger partial charge in [-0.1, -0.05) is 42.1 Å². The Labute approximate surface area is 200 Å². The van der Waals surface area contributed by atoms with Crippen molar-refractivity contribution < 1.29 is 9.15 Å². The maximum atomic E-state index is 5.54. The Morgan fingerprint density at radius 2 is 1.70 bits per heavy atom. The average Bonchev–Trinajstić information content (AvgIpc) is 3.51. The van der Waals surface area contributed by atoms with Crippen molar-refractivity contribution >= 4 is 11.8 Å². The van der Waals surface area contributed by atoms with Gasteiger partial charge in [0.2, 0.25) is 0 Å². The van der Waals surface area contributed by atoms with Gasteiger partial charge in [-0.15, -0.1) is 10.2 Å². The first-order chi connectivity index (χ1) is 16.3. The molecule has 0 radical (unpaired) electrons. The average molecular weight is 468 g/mol. The van der Waals surface area contributed by atoms with E-state index in [-0.39, 0.29) is 0 Å². The Hall–Kier alpha value is -2.13. The molecule has 0 amide bonds. The number of hydrogen-bond acceptors (Lipinski definition) is 7. The Morgan fingerprint density at radius 3 is 2.45 bits per heavy atom. The molecule has 0 aliphatic carbocycles. The molecular formula is C25H33N5O2S. The summed E-state index contributed by atoms with van der Waals surface area (Å²) >= 11 is 1.83. The molecule has 33 heavy (non-hydrogen) atoms. The molecule has 0 unspecified atom stereocenters. The van der Waals surface area contributed by atoms with E-state index in [9.17, 15) is 0 Å². The summed E-state index contributed by atoms with van der Waals surface area (Å²) in [4.78, 5) is 4.95. The van der Waals surface area contributed by atoms with E-state index < -0.39 is 0 Å². The number of hydrogen-bond donors (Lipinski definition) is 0. The minimum absolute atomic E-state index is 0.447. The molecular weight excluding hydrogens is 434 g/mol. The van der Waals surface area contributed by atoms with Crippen molar-refractivity contribution in [1.29, 1.82) is 0 Å². The summed E-state index contributed by atoms with van der Waals surface area (Å²) in [6.45, 7) is 8.64. The number of rotatable bonds is 9. The maximum absolute atomic E-state index is 5.54. The molecule has 7 nitrogen and oxygen atoms in total. The van der Waals surface area contributed by atoms with E-state index in [0.29, 0.717) is 5.92 Å². The molecule has 2 aliphatic rings. The summed E-state index contributed by atoms with van der Waals surface area (Å²) in [5, 5.41) is 10.4. The molecule has 0 spiro atoms. The molecule has 2 fully saturated rings. The standard InChI is InChI=1S/C25H33N5O2S/c1-2-5-21(6-3-1)19-30-24(22-8-10-29(11-9-22)20-23-7-4-15-32-23)26-27-25(30)33-18-14-28-12-16-31-17-13-28/h1-7,15,22H,8-14,16-20H2. The fourth-order valence-electron chi connectivity index (χ4n) is 4.69. The van der Waals surface area contributed by atoms with Crippen molar-refractivity contribution in [3.63, 3.8) is 0 Å². The molecule has 3 aromatic rings. The van der Waals surface area contributed by atoms with Crippen LogP contribution < -0.4 is 0 Å². The van der Waals surface area contributed by atoms with Crippen LogP contribution in [0.3, 0.4) is 0 Å². The number of piperidine rings is 1. The number of benzene rings is 1. The number of aromatic nitrogens is 3. The highest BCUT2D eigenvalue weighted by atomic mass is 32.2. The summed E-state index contributed by atoms with van der Waals surface area (Å²) in [6, 6.07) is 14.7. The monoisotopic (exact) mass is 467 g/mol. The molecule has 2 aromatic heterocycles. The zero-order valence-electron chi connectivity index (χ0n) is 19.1. The van der Waals surface area contributed by atoms with E-state index in [1.165, 1.54) is 5.56 Å². The second-order valence-corrected chi connectivity index (χ2v) is 9.91. The molecule has 4 heterocycles. The first-order valence-corrected chi connectivity index (χ1v) is 13.0. The fraction of sp³-hybridized carbons (Fsp3) is 0.520. The topological polar surface area (TPSA) is 59.6 Å². The molecule has 2 saturated heterocycles. The van der Waals surface area contributed by atoms with Crippen LogP contribution in [0, 0.1) is 0 Å². The van der Waals surface area contributed by atoms with E-state index in [1.54, 1.807) is 6.26 Å². The van der Waals surface area contributed by atoms with Gasteiger partial charge in [0.05, 0.1) is 32.6 Å². The van der Waals surface area contributed by atoms with Crippen molar-refractivity contribution in [2.24, 2.45) is 0 Å². The van der Waals surface area contributed by atoms with Gasteiger partial charge in [0.1, 0.15) is 11.6 Å². The van der Waals surface area contributed by atoms with Crippen LogP contribution in [0.4, 0.5) is 0 Å². The van der Waals surface area contributed by atoms with Crippen molar-refractivity contribution in [1.82, 2.24) is 24.6 Å². The number of nitrogens with zero attached hydrogens (tertiary/aromatic N) is 5. The molecule has 5 rings (SSSR count). The van der Waals surface area contributed by atoms with E-state index in [0.717, 1.165) is 94.4 Å². The van der Waals surface area contributed by atoms with Crippen LogP contribution in [0.1, 0.15) is 35.9 Å². The predicted molar refractivity (Wildman–Crippen MR) is 130 cm³/mol. The lowest BCUT2D eigenvalue weighted by atomic mass is 9.95. The lowest BCUT2D eigenvalue weighted by molar-refractivity contribution is 0.0410.